The molecule has 2 aliphatic rings. The Balaban J connectivity index is 1.48. The first-order valence-electron chi connectivity index (χ1n) is 10.1. The largest absolute Gasteiger partial charge is 0.460 e. The van der Waals surface area contributed by atoms with Crippen molar-refractivity contribution in [3.05, 3.63) is 70.3 Å². The molecule has 6 nitrogen and oxygen atoms in total. The molecule has 1 aromatic carbocycles. The number of furan rings is 1. The van der Waals surface area contributed by atoms with Gasteiger partial charge in [-0.3, -0.25) is 19.1 Å². The van der Waals surface area contributed by atoms with Crippen LogP contribution in [0.5, 0.6) is 0 Å². The summed E-state index contributed by atoms with van der Waals surface area (Å²) in [6.45, 7) is 2.35. The van der Waals surface area contributed by atoms with Crippen LogP contribution in [0.1, 0.15) is 29.8 Å². The number of aromatic nitrogens is 1. The molecule has 1 saturated heterocycles. The molecule has 0 N–H and O–H groups in total. The molecule has 0 radical (unpaired) electrons. The predicted octanol–water partition coefficient (Wildman–Crippen LogP) is 2.84. The Kier molecular flexibility index (Phi) is 4.32. The van der Waals surface area contributed by atoms with Crippen molar-refractivity contribution in [2.75, 3.05) is 27.2 Å². The van der Waals surface area contributed by atoms with Crippen molar-refractivity contribution in [2.45, 2.75) is 24.9 Å². The Hall–Kier alpha value is -2.86. The Morgan fingerprint density at radius 2 is 1.97 bits per heavy atom. The molecule has 5 rings (SSSR count). The highest BCUT2D eigenvalue weighted by molar-refractivity contribution is 5.81. The minimum absolute atomic E-state index is 0.00594. The maximum atomic E-state index is 13.0. The number of rotatable bonds is 3. The molecule has 2 aliphatic heterocycles. The first-order valence-corrected chi connectivity index (χ1v) is 10.1. The van der Waals surface area contributed by atoms with Crippen molar-refractivity contribution in [1.29, 1.82) is 0 Å². The summed E-state index contributed by atoms with van der Waals surface area (Å²) in [5.41, 5.74) is 1.80. The average molecular weight is 391 g/mol. The third kappa shape index (κ3) is 3.08. The lowest BCUT2D eigenvalue weighted by atomic mass is 9.78. The van der Waals surface area contributed by atoms with Crippen LogP contribution in [0.25, 0.3) is 11.0 Å². The highest BCUT2D eigenvalue weighted by atomic mass is 16.3. The number of nitrogens with zero attached hydrogens (tertiary/aromatic N) is 3. The second-order valence-corrected chi connectivity index (χ2v) is 8.47. The van der Waals surface area contributed by atoms with Crippen LogP contribution in [0.2, 0.25) is 0 Å². The van der Waals surface area contributed by atoms with Crippen LogP contribution >= 0.6 is 0 Å². The van der Waals surface area contributed by atoms with E-state index in [4.69, 9.17) is 4.42 Å². The number of benzene rings is 1. The van der Waals surface area contributed by atoms with Crippen LogP contribution in [-0.2, 0) is 11.3 Å². The Morgan fingerprint density at radius 3 is 2.76 bits per heavy atom. The van der Waals surface area contributed by atoms with E-state index in [1.54, 1.807) is 29.6 Å². The molecule has 1 amide bonds. The van der Waals surface area contributed by atoms with E-state index in [9.17, 15) is 9.59 Å². The lowest BCUT2D eigenvalue weighted by Gasteiger charge is -2.46. The van der Waals surface area contributed by atoms with Gasteiger partial charge in [0.05, 0.1) is 6.54 Å². The monoisotopic (exact) mass is 391 g/mol. The fraction of sp³-hybridized carbons (Fsp3) is 0.391. The number of para-hydroxylation sites is 1. The van der Waals surface area contributed by atoms with E-state index >= 15 is 0 Å². The summed E-state index contributed by atoms with van der Waals surface area (Å²) in [6.07, 6.45) is 0.935. The molecule has 1 fully saturated rings. The SMILES string of the molecule is CN(C)C(=O)[C@H]1[C@H]2C[C@H](CN(Cc3cc4ccccc4o3)C2)c2cccc(=O)n21. The molecule has 29 heavy (non-hydrogen) atoms. The van der Waals surface area contributed by atoms with Crippen LogP contribution in [0.3, 0.4) is 0 Å². The first kappa shape index (κ1) is 18.2. The maximum Gasteiger partial charge on any atom is 0.251 e. The lowest BCUT2D eigenvalue weighted by Crippen LogP contribution is -2.52. The highest BCUT2D eigenvalue weighted by Crippen LogP contribution is 2.42. The Labute approximate surface area is 169 Å². The Bertz CT molecular complexity index is 1100. The third-order valence-corrected chi connectivity index (χ3v) is 6.27. The number of hydrogen-bond acceptors (Lipinski definition) is 4. The highest BCUT2D eigenvalue weighted by Gasteiger charge is 2.44. The molecule has 2 bridgehead atoms. The summed E-state index contributed by atoms with van der Waals surface area (Å²) < 4.78 is 7.77. The average Bonchev–Trinajstić information content (AvgIpc) is 3.10. The molecule has 150 valence electrons. The van der Waals surface area contributed by atoms with Crippen molar-refractivity contribution in [3.8, 4) is 0 Å². The topological polar surface area (TPSA) is 58.7 Å². The van der Waals surface area contributed by atoms with Crippen LogP contribution in [0.4, 0.5) is 0 Å². The van der Waals surface area contributed by atoms with Gasteiger partial charge in [0.1, 0.15) is 17.4 Å². The first-order chi connectivity index (χ1) is 14.0. The molecule has 2 aromatic heterocycles. The second-order valence-electron chi connectivity index (χ2n) is 8.47. The zero-order valence-corrected chi connectivity index (χ0v) is 16.7. The molecule has 0 saturated carbocycles. The van der Waals surface area contributed by atoms with Crippen LogP contribution in [-0.4, -0.2) is 47.5 Å². The van der Waals surface area contributed by atoms with Gasteiger partial charge in [0, 0.05) is 56.2 Å². The maximum absolute atomic E-state index is 13.0. The quantitative estimate of drug-likeness (QED) is 0.689. The van der Waals surface area contributed by atoms with Crippen LogP contribution < -0.4 is 5.56 Å². The van der Waals surface area contributed by atoms with Crippen molar-refractivity contribution in [1.82, 2.24) is 14.4 Å². The Morgan fingerprint density at radius 1 is 1.14 bits per heavy atom. The molecule has 0 spiro atoms. The van der Waals surface area contributed by atoms with Gasteiger partial charge in [-0.1, -0.05) is 24.3 Å². The smallest absolute Gasteiger partial charge is 0.251 e. The fourth-order valence-corrected chi connectivity index (χ4v) is 5.07. The lowest BCUT2D eigenvalue weighted by molar-refractivity contribution is -0.135. The van der Waals surface area contributed by atoms with Gasteiger partial charge in [-0.05, 0) is 24.6 Å². The number of likely N-dealkylation sites (tertiary alicyclic amines) is 1. The van der Waals surface area contributed by atoms with Gasteiger partial charge >= 0.3 is 0 Å². The van der Waals surface area contributed by atoms with Crippen LogP contribution in [0.15, 0.2) is 57.7 Å². The van der Waals surface area contributed by atoms with E-state index in [-0.39, 0.29) is 23.3 Å². The zero-order valence-electron chi connectivity index (χ0n) is 16.7. The zero-order chi connectivity index (χ0) is 20.1. The van der Waals surface area contributed by atoms with Crippen LogP contribution in [0, 0.1) is 5.92 Å². The van der Waals surface area contributed by atoms with Gasteiger partial charge in [0.25, 0.3) is 5.56 Å². The number of piperidine rings is 1. The summed E-state index contributed by atoms with van der Waals surface area (Å²) in [6, 6.07) is 15.1. The summed E-state index contributed by atoms with van der Waals surface area (Å²) >= 11 is 0. The van der Waals surface area contributed by atoms with E-state index in [0.29, 0.717) is 6.54 Å². The third-order valence-electron chi connectivity index (χ3n) is 6.27. The number of fused-ring (bicyclic) bond motifs is 5. The van der Waals surface area contributed by atoms with Gasteiger partial charge in [0.2, 0.25) is 5.91 Å². The molecule has 4 heterocycles. The molecule has 3 aromatic rings. The number of carbonyl (C=O) groups is 1. The van der Waals surface area contributed by atoms with E-state index in [1.807, 2.05) is 30.3 Å². The number of hydrogen-bond donors (Lipinski definition) is 0. The summed E-state index contributed by atoms with van der Waals surface area (Å²) in [5, 5.41) is 1.11. The van der Waals surface area contributed by atoms with E-state index in [2.05, 4.69) is 17.0 Å². The van der Waals surface area contributed by atoms with Crippen molar-refractivity contribution >= 4 is 16.9 Å². The minimum atomic E-state index is -0.441. The number of amides is 1. The number of pyridine rings is 1. The molecular weight excluding hydrogens is 366 g/mol. The molecular formula is C23H25N3O3. The minimum Gasteiger partial charge on any atom is -0.460 e. The second kappa shape index (κ2) is 6.88. The van der Waals surface area contributed by atoms with Crippen molar-refractivity contribution in [2.24, 2.45) is 5.92 Å². The standard InChI is InChI=1S/C23H25N3O3/c1-24(2)23(28)22-17-10-16(19-7-5-9-21(27)26(19)22)12-25(13-17)14-18-11-15-6-3-4-8-20(15)29-18/h3-9,11,16-17,22H,10,12-14H2,1-2H3/t16-,17+,22-/m1/s1. The molecule has 0 aliphatic carbocycles. The molecule has 0 unspecified atom stereocenters. The molecule has 6 heteroatoms. The van der Waals surface area contributed by atoms with Gasteiger partial charge in [-0.2, -0.15) is 0 Å². The fourth-order valence-electron chi connectivity index (χ4n) is 5.07. The summed E-state index contributed by atoms with van der Waals surface area (Å²) in [5.74, 6) is 1.29. The molecule has 3 atom stereocenters. The van der Waals surface area contributed by atoms with Gasteiger partial charge < -0.3 is 9.32 Å². The number of likely N-dealkylation sites (N-methyl/N-ethyl adjacent to an activating group) is 1. The van der Waals surface area contributed by atoms with E-state index in [1.165, 1.54) is 0 Å². The van der Waals surface area contributed by atoms with Gasteiger partial charge in [-0.25, -0.2) is 0 Å². The van der Waals surface area contributed by atoms with Crippen molar-refractivity contribution < 1.29 is 9.21 Å². The van der Waals surface area contributed by atoms with Gasteiger partial charge in [0.15, 0.2) is 0 Å². The van der Waals surface area contributed by atoms with Crippen molar-refractivity contribution in [3.63, 3.8) is 0 Å². The number of carbonyl (C=O) groups excluding carboxylic acids is 1. The summed E-state index contributed by atoms with van der Waals surface area (Å²) in [7, 11) is 3.52. The van der Waals surface area contributed by atoms with Gasteiger partial charge in [-0.15, -0.1) is 0 Å². The normalized spacial score (nSPS) is 23.7. The summed E-state index contributed by atoms with van der Waals surface area (Å²) in [4.78, 5) is 29.7. The predicted molar refractivity (Wildman–Crippen MR) is 111 cm³/mol. The van der Waals surface area contributed by atoms with E-state index < -0.39 is 6.04 Å². The van der Waals surface area contributed by atoms with E-state index in [0.717, 1.165) is 41.9 Å².